The highest BCUT2D eigenvalue weighted by atomic mass is 16.5. The van der Waals surface area contributed by atoms with E-state index in [4.69, 9.17) is 4.74 Å². The summed E-state index contributed by atoms with van der Waals surface area (Å²) in [6.45, 7) is 8.52. The summed E-state index contributed by atoms with van der Waals surface area (Å²) in [4.78, 5) is 12.5. The minimum atomic E-state index is -0.0579. The number of nitrogens with one attached hydrogen (secondary N) is 1. The third kappa shape index (κ3) is 3.22. The van der Waals surface area contributed by atoms with E-state index in [-0.39, 0.29) is 11.9 Å². The first kappa shape index (κ1) is 16.3. The van der Waals surface area contributed by atoms with Gasteiger partial charge in [0.2, 0.25) is 0 Å². The van der Waals surface area contributed by atoms with Crippen LogP contribution in [0.25, 0.3) is 5.69 Å². The van der Waals surface area contributed by atoms with Gasteiger partial charge in [0.25, 0.3) is 5.91 Å². The number of benzene rings is 1. The number of nitrogens with zero attached hydrogens (tertiary/aromatic N) is 1. The molecular formula is C18H24N2O2. The third-order valence-corrected chi connectivity index (χ3v) is 3.83. The molecule has 1 atom stereocenters. The fourth-order valence-electron chi connectivity index (χ4n) is 2.77. The summed E-state index contributed by atoms with van der Waals surface area (Å²) in [5, 5.41) is 2.97. The Labute approximate surface area is 132 Å². The van der Waals surface area contributed by atoms with Crippen molar-refractivity contribution in [3.8, 4) is 5.69 Å². The van der Waals surface area contributed by atoms with E-state index >= 15 is 0 Å². The van der Waals surface area contributed by atoms with Crippen molar-refractivity contribution >= 4 is 5.91 Å². The molecule has 0 saturated carbocycles. The normalized spacial score (nSPS) is 12.2. The monoisotopic (exact) mass is 300 g/mol. The van der Waals surface area contributed by atoms with Gasteiger partial charge in [-0.2, -0.15) is 0 Å². The van der Waals surface area contributed by atoms with E-state index in [2.05, 4.69) is 28.9 Å². The maximum atomic E-state index is 12.5. The second-order valence-corrected chi connectivity index (χ2v) is 5.74. The molecule has 2 aromatic rings. The van der Waals surface area contributed by atoms with Gasteiger partial charge in [0.05, 0.1) is 12.2 Å². The second-order valence-electron chi connectivity index (χ2n) is 5.74. The average Bonchev–Trinajstić information content (AvgIpc) is 2.75. The number of aromatic nitrogens is 1. The summed E-state index contributed by atoms with van der Waals surface area (Å²) in [6.07, 6.45) is 0. The molecule has 0 spiro atoms. The summed E-state index contributed by atoms with van der Waals surface area (Å²) < 4.78 is 7.19. The van der Waals surface area contributed by atoms with Crippen LogP contribution in [0, 0.1) is 20.8 Å². The van der Waals surface area contributed by atoms with Crippen LogP contribution >= 0.6 is 0 Å². The first-order valence-electron chi connectivity index (χ1n) is 7.50. The lowest BCUT2D eigenvalue weighted by atomic mass is 10.2. The number of hydrogen-bond acceptors (Lipinski definition) is 2. The largest absolute Gasteiger partial charge is 0.383 e. The molecule has 1 unspecified atom stereocenters. The summed E-state index contributed by atoms with van der Waals surface area (Å²) >= 11 is 0. The SMILES string of the molecule is COCC(C)NC(=O)c1cc(C)n(-c2ccccc2C)c1C. The molecule has 0 aliphatic rings. The highest BCUT2D eigenvalue weighted by Crippen LogP contribution is 2.23. The van der Waals surface area contributed by atoms with Crippen LogP contribution in [0.5, 0.6) is 0 Å². The standard InChI is InChI=1S/C18H24N2O2/c1-12-8-6-7-9-17(12)20-14(3)10-16(15(20)4)18(21)19-13(2)11-22-5/h6-10,13H,11H2,1-5H3,(H,19,21). The van der Waals surface area contributed by atoms with E-state index in [9.17, 15) is 4.79 Å². The highest BCUT2D eigenvalue weighted by molar-refractivity contribution is 5.96. The molecule has 0 radical (unpaired) electrons. The summed E-state index contributed by atoms with van der Waals surface area (Å²) in [7, 11) is 1.63. The van der Waals surface area contributed by atoms with Crippen LogP contribution in [0.2, 0.25) is 0 Å². The number of carbonyl (C=O) groups excluding carboxylic acids is 1. The summed E-state index contributed by atoms with van der Waals surface area (Å²) in [5.74, 6) is -0.0579. The van der Waals surface area contributed by atoms with Gasteiger partial charge in [0.1, 0.15) is 0 Å². The Morgan fingerprint density at radius 2 is 1.95 bits per heavy atom. The van der Waals surface area contributed by atoms with Crippen molar-refractivity contribution in [1.82, 2.24) is 9.88 Å². The minimum absolute atomic E-state index is 0.0148. The maximum Gasteiger partial charge on any atom is 0.253 e. The van der Waals surface area contributed by atoms with E-state index in [1.54, 1.807) is 7.11 Å². The van der Waals surface area contributed by atoms with Gasteiger partial charge in [0.15, 0.2) is 0 Å². The first-order valence-corrected chi connectivity index (χ1v) is 7.50. The molecule has 1 N–H and O–H groups in total. The van der Waals surface area contributed by atoms with E-state index in [1.165, 1.54) is 5.56 Å². The van der Waals surface area contributed by atoms with Crippen LogP contribution in [0.3, 0.4) is 0 Å². The predicted octanol–water partition coefficient (Wildman–Crippen LogP) is 3.17. The van der Waals surface area contributed by atoms with Gasteiger partial charge >= 0.3 is 0 Å². The molecule has 1 heterocycles. The molecule has 22 heavy (non-hydrogen) atoms. The fraction of sp³-hybridized carbons (Fsp3) is 0.389. The molecule has 0 saturated heterocycles. The van der Waals surface area contributed by atoms with Crippen molar-refractivity contribution in [3.63, 3.8) is 0 Å². The van der Waals surface area contributed by atoms with Gasteiger partial charge in [0, 0.05) is 30.2 Å². The van der Waals surface area contributed by atoms with Gasteiger partial charge in [-0.25, -0.2) is 0 Å². The number of carbonyl (C=O) groups is 1. The van der Waals surface area contributed by atoms with E-state index in [0.29, 0.717) is 12.2 Å². The van der Waals surface area contributed by atoms with Crippen molar-refractivity contribution in [2.24, 2.45) is 0 Å². The number of hydrogen-bond donors (Lipinski definition) is 1. The van der Waals surface area contributed by atoms with E-state index in [0.717, 1.165) is 17.1 Å². The molecule has 0 aliphatic heterocycles. The number of ether oxygens (including phenoxy) is 1. The zero-order valence-electron chi connectivity index (χ0n) is 13.9. The van der Waals surface area contributed by atoms with Gasteiger partial charge < -0.3 is 14.6 Å². The lowest BCUT2D eigenvalue weighted by Crippen LogP contribution is -2.35. The van der Waals surface area contributed by atoms with Crippen LogP contribution in [-0.2, 0) is 4.74 Å². The number of aryl methyl sites for hydroxylation is 2. The molecule has 4 nitrogen and oxygen atoms in total. The van der Waals surface area contributed by atoms with Gasteiger partial charge in [-0.3, -0.25) is 4.79 Å². The van der Waals surface area contributed by atoms with Gasteiger partial charge in [-0.05, 0) is 45.4 Å². The number of rotatable bonds is 5. The Kier molecular flexibility index (Phi) is 5.03. The molecule has 4 heteroatoms. The molecule has 0 fully saturated rings. The Hall–Kier alpha value is -2.07. The number of amides is 1. The van der Waals surface area contributed by atoms with Crippen molar-refractivity contribution < 1.29 is 9.53 Å². The molecular weight excluding hydrogens is 276 g/mol. The smallest absolute Gasteiger partial charge is 0.253 e. The average molecular weight is 300 g/mol. The van der Waals surface area contributed by atoms with Crippen molar-refractivity contribution in [2.45, 2.75) is 33.7 Å². The third-order valence-electron chi connectivity index (χ3n) is 3.83. The van der Waals surface area contributed by atoms with Crippen LogP contribution in [0.4, 0.5) is 0 Å². The van der Waals surface area contributed by atoms with Crippen LogP contribution in [0.15, 0.2) is 30.3 Å². The molecule has 2 rings (SSSR count). The zero-order valence-corrected chi connectivity index (χ0v) is 13.9. The van der Waals surface area contributed by atoms with Crippen molar-refractivity contribution in [2.75, 3.05) is 13.7 Å². The molecule has 1 aromatic carbocycles. The van der Waals surface area contributed by atoms with Crippen LogP contribution in [0.1, 0.15) is 34.2 Å². The summed E-state index contributed by atoms with van der Waals surface area (Å²) in [6, 6.07) is 10.1. The molecule has 118 valence electrons. The maximum absolute atomic E-state index is 12.5. The van der Waals surface area contributed by atoms with Crippen LogP contribution in [-0.4, -0.2) is 30.2 Å². The van der Waals surface area contributed by atoms with Crippen molar-refractivity contribution in [1.29, 1.82) is 0 Å². The van der Waals surface area contributed by atoms with Gasteiger partial charge in [-0.1, -0.05) is 18.2 Å². The highest BCUT2D eigenvalue weighted by Gasteiger charge is 2.18. The number of methoxy groups -OCH3 is 1. The fourth-order valence-corrected chi connectivity index (χ4v) is 2.77. The summed E-state index contributed by atoms with van der Waals surface area (Å²) in [5.41, 5.74) is 5.01. The van der Waals surface area contributed by atoms with E-state index < -0.39 is 0 Å². The molecule has 1 aromatic heterocycles. The Morgan fingerprint density at radius 3 is 2.59 bits per heavy atom. The Bertz CT molecular complexity index is 674. The molecule has 1 amide bonds. The zero-order chi connectivity index (χ0) is 16.3. The second kappa shape index (κ2) is 6.79. The van der Waals surface area contributed by atoms with E-state index in [1.807, 2.05) is 39.0 Å². The minimum Gasteiger partial charge on any atom is -0.383 e. The Morgan fingerprint density at radius 1 is 1.27 bits per heavy atom. The topological polar surface area (TPSA) is 43.3 Å². The van der Waals surface area contributed by atoms with Crippen molar-refractivity contribution in [3.05, 3.63) is 52.8 Å². The first-order chi connectivity index (χ1) is 10.5. The van der Waals surface area contributed by atoms with Gasteiger partial charge in [-0.15, -0.1) is 0 Å². The lowest BCUT2D eigenvalue weighted by molar-refractivity contribution is 0.0905. The molecule has 0 bridgehead atoms. The quantitative estimate of drug-likeness (QED) is 0.921. The lowest BCUT2D eigenvalue weighted by Gasteiger charge is -2.14. The number of para-hydroxylation sites is 1. The predicted molar refractivity (Wildman–Crippen MR) is 88.8 cm³/mol. The molecule has 0 aliphatic carbocycles. The Balaban J connectivity index is 2.36. The van der Waals surface area contributed by atoms with Crippen LogP contribution < -0.4 is 5.32 Å².